The Kier molecular flexibility index (Phi) is 31.1. The number of nitrogens with one attached hydrogen (secondary N) is 1. The number of hydrogen-bond donors (Lipinski definition) is 1. The molecule has 266 valence electrons. The van der Waals surface area contributed by atoms with E-state index >= 15 is 0 Å². The highest BCUT2D eigenvalue weighted by Crippen LogP contribution is 2.27. The van der Waals surface area contributed by atoms with E-state index in [-0.39, 0.29) is 0 Å². The third-order valence-corrected chi connectivity index (χ3v) is 10.6. The van der Waals surface area contributed by atoms with Crippen molar-refractivity contribution in [3.8, 4) is 0 Å². The minimum atomic E-state index is 0.619. The highest BCUT2D eigenvalue weighted by atomic mass is 15.1. The van der Waals surface area contributed by atoms with Crippen molar-refractivity contribution < 1.29 is 4.57 Å². The Labute approximate surface area is 285 Å². The van der Waals surface area contributed by atoms with Gasteiger partial charge in [-0.15, -0.1) is 0 Å². The number of unbranched alkanes of at least 4 members (excludes halogenated alkanes) is 28. The van der Waals surface area contributed by atoms with Crippen molar-refractivity contribution in [1.29, 1.82) is 0 Å². The van der Waals surface area contributed by atoms with Crippen LogP contribution in [0.3, 0.4) is 0 Å². The maximum atomic E-state index is 3.75. The monoisotopic (exact) mass is 630 g/mol. The fraction of sp³-hybridized carbons (Fsp3) is 0.930. The molecule has 2 nitrogen and oxygen atoms in total. The van der Waals surface area contributed by atoms with Crippen molar-refractivity contribution in [2.75, 3.05) is 0 Å². The molecule has 45 heavy (non-hydrogen) atoms. The second kappa shape index (κ2) is 33.1. The zero-order valence-electron chi connectivity index (χ0n) is 31.8. The molecule has 2 unspecified atom stereocenters. The van der Waals surface area contributed by atoms with Gasteiger partial charge in [-0.2, -0.15) is 0 Å². The zero-order valence-corrected chi connectivity index (χ0v) is 31.8. The quantitative estimate of drug-likeness (QED) is 0.0563. The topological polar surface area (TPSA) is 19.7 Å². The molecule has 0 saturated heterocycles. The molecule has 1 aromatic rings. The average molecular weight is 630 g/mol. The van der Waals surface area contributed by atoms with Crippen LogP contribution in [0.1, 0.15) is 264 Å². The Bertz CT molecular complexity index is 694. The van der Waals surface area contributed by atoms with E-state index in [9.17, 15) is 0 Å². The molecule has 1 heterocycles. The first kappa shape index (κ1) is 42.2. The largest absolute Gasteiger partial charge is 0.257 e. The van der Waals surface area contributed by atoms with E-state index in [0.717, 1.165) is 0 Å². The average Bonchev–Trinajstić information content (AvgIpc) is 3.54. The van der Waals surface area contributed by atoms with Crippen molar-refractivity contribution in [3.05, 3.63) is 18.2 Å². The summed E-state index contributed by atoms with van der Waals surface area (Å²) in [7, 11) is 0. The van der Waals surface area contributed by atoms with Crippen molar-refractivity contribution in [2.24, 2.45) is 0 Å². The lowest BCUT2D eigenvalue weighted by Gasteiger charge is -2.17. The van der Waals surface area contributed by atoms with Crippen molar-refractivity contribution in [3.63, 3.8) is 0 Å². The summed E-state index contributed by atoms with van der Waals surface area (Å²) in [5.41, 5.74) is 0. The molecule has 0 aliphatic carbocycles. The van der Waals surface area contributed by atoms with Gasteiger partial charge in [-0.1, -0.05) is 213 Å². The smallest absolute Gasteiger partial charge is 0.247 e. The predicted octanol–water partition coefficient (Wildman–Crippen LogP) is 15.3. The third kappa shape index (κ3) is 25.0. The molecule has 0 saturated carbocycles. The van der Waals surface area contributed by atoms with Gasteiger partial charge < -0.3 is 0 Å². The lowest BCUT2D eigenvalue weighted by atomic mass is 9.93. The number of rotatable bonds is 36. The molecule has 2 atom stereocenters. The molecule has 0 spiro atoms. The zero-order chi connectivity index (χ0) is 32.5. The summed E-state index contributed by atoms with van der Waals surface area (Å²) in [6, 6.07) is 0.619. The van der Waals surface area contributed by atoms with E-state index < -0.39 is 0 Å². The molecule has 0 aliphatic heterocycles. The van der Waals surface area contributed by atoms with Crippen LogP contribution in [0, 0.1) is 0 Å². The molecule has 0 amide bonds. The Morgan fingerprint density at radius 1 is 0.422 bits per heavy atom. The number of aromatic amines is 1. The molecule has 0 aromatic carbocycles. The summed E-state index contributed by atoms with van der Waals surface area (Å²) < 4.78 is 2.64. The SMILES string of the molecule is CCCCCCCCCCCCCCCCC(CCCCCCC)c1[nH]cc[n+]1C(C)CCCCCCCCCCCCCC. The summed E-state index contributed by atoms with van der Waals surface area (Å²) in [5.74, 6) is 2.25. The van der Waals surface area contributed by atoms with Crippen LogP contribution in [0.5, 0.6) is 0 Å². The van der Waals surface area contributed by atoms with Crippen LogP contribution in [-0.4, -0.2) is 4.98 Å². The molecule has 0 radical (unpaired) electrons. The van der Waals surface area contributed by atoms with Crippen LogP contribution in [0.25, 0.3) is 0 Å². The van der Waals surface area contributed by atoms with Gasteiger partial charge in [-0.05, 0) is 32.6 Å². The van der Waals surface area contributed by atoms with Gasteiger partial charge in [0.2, 0.25) is 0 Å². The molecule has 1 N–H and O–H groups in total. The molecule has 0 aliphatic rings. The Morgan fingerprint density at radius 3 is 1.04 bits per heavy atom. The standard InChI is InChI=1S/C43H84N2/c1-5-8-11-14-16-18-20-22-23-25-27-29-32-35-38-42(37-34-30-13-10-7-3)43-44-39-40-45(43)41(4)36-33-31-28-26-24-21-19-17-15-12-9-6-2/h39-42H,5-38H2,1-4H3/p+1. The summed E-state index contributed by atoms with van der Waals surface area (Å²) >= 11 is 0. The molecule has 0 fully saturated rings. The fourth-order valence-electron chi connectivity index (χ4n) is 7.49. The molecule has 2 heteroatoms. The minimum Gasteiger partial charge on any atom is -0.247 e. The van der Waals surface area contributed by atoms with Gasteiger partial charge in [-0.25, -0.2) is 9.55 Å². The Balaban J connectivity index is 2.29. The van der Waals surface area contributed by atoms with Crippen molar-refractivity contribution in [1.82, 2.24) is 4.98 Å². The van der Waals surface area contributed by atoms with Gasteiger partial charge in [0.1, 0.15) is 12.4 Å². The lowest BCUT2D eigenvalue weighted by Crippen LogP contribution is -2.41. The Morgan fingerprint density at radius 2 is 0.711 bits per heavy atom. The fourth-order valence-corrected chi connectivity index (χ4v) is 7.49. The van der Waals surface area contributed by atoms with Crippen LogP contribution in [0.4, 0.5) is 0 Å². The van der Waals surface area contributed by atoms with E-state index in [1.165, 1.54) is 224 Å². The van der Waals surface area contributed by atoms with Crippen LogP contribution in [-0.2, 0) is 0 Å². The van der Waals surface area contributed by atoms with Crippen molar-refractivity contribution in [2.45, 2.75) is 258 Å². The summed E-state index contributed by atoms with van der Waals surface area (Å²) in [4.78, 5) is 3.75. The lowest BCUT2D eigenvalue weighted by molar-refractivity contribution is -0.727. The normalized spacial score (nSPS) is 13.1. The highest BCUT2D eigenvalue weighted by Gasteiger charge is 2.25. The highest BCUT2D eigenvalue weighted by molar-refractivity contribution is 4.90. The first-order valence-corrected chi connectivity index (χ1v) is 21.3. The first-order chi connectivity index (χ1) is 22.2. The maximum absolute atomic E-state index is 3.75. The van der Waals surface area contributed by atoms with E-state index in [0.29, 0.717) is 12.0 Å². The number of nitrogens with zero attached hydrogens (tertiary/aromatic N) is 1. The second-order valence-electron chi connectivity index (χ2n) is 15.1. The minimum absolute atomic E-state index is 0.619. The Hall–Kier alpha value is -0.790. The van der Waals surface area contributed by atoms with Crippen molar-refractivity contribution >= 4 is 0 Å². The maximum Gasteiger partial charge on any atom is 0.257 e. The molecular weight excluding hydrogens is 544 g/mol. The van der Waals surface area contributed by atoms with Gasteiger partial charge in [0, 0.05) is 0 Å². The van der Waals surface area contributed by atoms with E-state index in [4.69, 9.17) is 0 Å². The van der Waals surface area contributed by atoms with Gasteiger partial charge in [-0.3, -0.25) is 0 Å². The predicted molar refractivity (Wildman–Crippen MR) is 202 cm³/mol. The van der Waals surface area contributed by atoms with Crippen LogP contribution in [0.15, 0.2) is 12.4 Å². The van der Waals surface area contributed by atoms with E-state index in [1.807, 2.05) is 0 Å². The number of H-pyrrole nitrogens is 1. The summed E-state index contributed by atoms with van der Waals surface area (Å²) in [6.45, 7) is 9.43. The van der Waals surface area contributed by atoms with Gasteiger partial charge in [0.05, 0.1) is 12.0 Å². The van der Waals surface area contributed by atoms with E-state index in [1.54, 1.807) is 0 Å². The van der Waals surface area contributed by atoms with Gasteiger partial charge in [0.15, 0.2) is 0 Å². The van der Waals surface area contributed by atoms with Gasteiger partial charge in [0.25, 0.3) is 5.82 Å². The molecule has 0 bridgehead atoms. The van der Waals surface area contributed by atoms with E-state index in [2.05, 4.69) is 49.6 Å². The molecule has 1 rings (SSSR count). The summed E-state index contributed by atoms with van der Waals surface area (Å²) in [5, 5.41) is 0. The van der Waals surface area contributed by atoms with Gasteiger partial charge >= 0.3 is 0 Å². The van der Waals surface area contributed by atoms with Crippen LogP contribution in [0.2, 0.25) is 0 Å². The number of aromatic nitrogens is 2. The third-order valence-electron chi connectivity index (χ3n) is 10.6. The summed E-state index contributed by atoms with van der Waals surface area (Å²) in [6.07, 6.45) is 53.2. The number of hydrogen-bond acceptors (Lipinski definition) is 0. The second-order valence-corrected chi connectivity index (χ2v) is 15.1. The molecule has 1 aromatic heterocycles. The van der Waals surface area contributed by atoms with Crippen LogP contribution < -0.4 is 4.57 Å². The number of imidazole rings is 1. The molecular formula is C43H85N2+. The first-order valence-electron chi connectivity index (χ1n) is 21.3. The van der Waals surface area contributed by atoms with Crippen LogP contribution >= 0.6 is 0 Å².